The summed E-state index contributed by atoms with van der Waals surface area (Å²) in [5, 5.41) is 9.03. The molecule has 65 heavy (non-hydrogen) atoms. The van der Waals surface area contributed by atoms with Crippen molar-refractivity contribution in [2.75, 3.05) is 0 Å². The summed E-state index contributed by atoms with van der Waals surface area (Å²) < 4.78 is 17.6. The van der Waals surface area contributed by atoms with Crippen LogP contribution in [0.5, 0.6) is 0 Å². The van der Waals surface area contributed by atoms with Crippen LogP contribution in [0.3, 0.4) is 0 Å². The van der Waals surface area contributed by atoms with E-state index in [0.29, 0.717) is 0 Å². The van der Waals surface area contributed by atoms with Gasteiger partial charge < -0.3 is 18.0 Å². The first-order valence-corrected chi connectivity index (χ1v) is 22.0. The number of rotatable bonds is 6. The van der Waals surface area contributed by atoms with Crippen molar-refractivity contribution in [2.45, 2.75) is 6.92 Å². The van der Waals surface area contributed by atoms with Gasteiger partial charge >= 0.3 is 0 Å². The average molecular weight is 831 g/mol. The summed E-state index contributed by atoms with van der Waals surface area (Å²) in [6.07, 6.45) is 10.7. The molecule has 0 N–H and O–H groups in total. The molecule has 4 aromatic heterocycles. The fourth-order valence-corrected chi connectivity index (χ4v) is 10.1. The second kappa shape index (κ2) is 14.4. The van der Waals surface area contributed by atoms with Crippen molar-refractivity contribution in [3.05, 3.63) is 212 Å². The van der Waals surface area contributed by atoms with Crippen LogP contribution in [0.15, 0.2) is 215 Å². The van der Waals surface area contributed by atoms with Gasteiger partial charge in [0.15, 0.2) is 0 Å². The van der Waals surface area contributed by atoms with E-state index in [9.17, 15) is 0 Å². The number of terminal acetylenes is 1. The number of hydrogen-bond donors (Lipinski definition) is 0. The number of aromatic nitrogens is 2. The summed E-state index contributed by atoms with van der Waals surface area (Å²) in [5.41, 5.74) is 16.2. The number of allylic oxidation sites excluding steroid dienone is 4. The normalized spacial score (nSPS) is 12.6. The quantitative estimate of drug-likeness (QED) is 0.124. The topological polar surface area (TPSA) is 36.1 Å². The molecular formula is C61H38N2O2. The molecule has 0 aliphatic carbocycles. The molecule has 0 amide bonds. The third kappa shape index (κ3) is 5.66. The summed E-state index contributed by atoms with van der Waals surface area (Å²) in [6.45, 7) is 2.16. The van der Waals surface area contributed by atoms with Crippen LogP contribution in [0, 0.1) is 12.3 Å². The number of benzene rings is 9. The summed E-state index contributed by atoms with van der Waals surface area (Å²) in [6, 6.07) is 68.6. The van der Waals surface area contributed by atoms with E-state index >= 15 is 0 Å². The van der Waals surface area contributed by atoms with E-state index in [1.165, 1.54) is 21.8 Å². The molecule has 0 saturated carbocycles. The van der Waals surface area contributed by atoms with E-state index < -0.39 is 0 Å². The zero-order valence-corrected chi connectivity index (χ0v) is 35.4. The summed E-state index contributed by atoms with van der Waals surface area (Å²) in [5.74, 6) is 3.09. The van der Waals surface area contributed by atoms with Gasteiger partial charge in [-0.1, -0.05) is 139 Å². The van der Waals surface area contributed by atoms with Crippen molar-refractivity contribution in [3.63, 3.8) is 0 Å². The Hall–Kier alpha value is -8.78. The van der Waals surface area contributed by atoms with E-state index in [2.05, 4.69) is 204 Å². The van der Waals surface area contributed by atoms with Gasteiger partial charge in [0, 0.05) is 59.9 Å². The number of nitrogens with zero attached hydrogens (tertiary/aromatic N) is 2. The van der Waals surface area contributed by atoms with Gasteiger partial charge in [-0.25, -0.2) is 0 Å². The van der Waals surface area contributed by atoms with Crippen molar-refractivity contribution in [1.82, 2.24) is 9.13 Å². The fraction of sp³-hybridized carbons (Fsp3) is 0.0164. The Morgan fingerprint density at radius 3 is 1.57 bits per heavy atom. The summed E-state index contributed by atoms with van der Waals surface area (Å²) in [4.78, 5) is 0. The van der Waals surface area contributed by atoms with Crippen molar-refractivity contribution in [2.24, 2.45) is 0 Å². The van der Waals surface area contributed by atoms with Crippen LogP contribution in [0.4, 0.5) is 0 Å². The lowest BCUT2D eigenvalue weighted by atomic mass is 9.98. The first-order valence-electron chi connectivity index (χ1n) is 22.0. The molecule has 4 nitrogen and oxygen atoms in total. The van der Waals surface area contributed by atoms with Gasteiger partial charge in [0.25, 0.3) is 0 Å². The van der Waals surface area contributed by atoms with Crippen LogP contribution in [0.25, 0.3) is 127 Å². The zero-order valence-electron chi connectivity index (χ0n) is 35.4. The monoisotopic (exact) mass is 830 g/mol. The first-order chi connectivity index (χ1) is 32.1. The highest BCUT2D eigenvalue weighted by Gasteiger charge is 2.20. The Morgan fingerprint density at radius 1 is 0.446 bits per heavy atom. The van der Waals surface area contributed by atoms with E-state index in [1.807, 2.05) is 24.3 Å². The van der Waals surface area contributed by atoms with Gasteiger partial charge in [0.05, 0.1) is 27.8 Å². The molecule has 0 aliphatic heterocycles. The van der Waals surface area contributed by atoms with Crippen LogP contribution in [-0.4, -0.2) is 9.13 Å². The largest absolute Gasteiger partial charge is 0.455 e. The molecule has 13 rings (SSSR count). The van der Waals surface area contributed by atoms with Gasteiger partial charge in [0.1, 0.15) is 22.3 Å². The van der Waals surface area contributed by atoms with Crippen LogP contribution in [0.1, 0.15) is 12.5 Å². The highest BCUT2D eigenvalue weighted by Crippen LogP contribution is 2.42. The Morgan fingerprint density at radius 2 is 0.954 bits per heavy atom. The SMILES string of the molecule is C#C/C(=C\C=C(/C)c1ccc2c(c1)c1ccccc1n2-c1ccccc1)n1c2ccc(-c3cccc4c3oc3ccccc34)cc2c2cc(-c3cccc4c3oc3ccccc34)ccc21. The van der Waals surface area contributed by atoms with Crippen molar-refractivity contribution >= 4 is 98.8 Å². The summed E-state index contributed by atoms with van der Waals surface area (Å²) in [7, 11) is 0. The number of hydrogen-bond acceptors (Lipinski definition) is 2. The molecule has 0 bridgehead atoms. The van der Waals surface area contributed by atoms with E-state index in [1.54, 1.807) is 0 Å². The number of fused-ring (bicyclic) bond motifs is 12. The smallest absolute Gasteiger partial charge is 0.143 e. The van der Waals surface area contributed by atoms with Crippen LogP contribution in [0.2, 0.25) is 0 Å². The lowest BCUT2D eigenvalue weighted by molar-refractivity contribution is 0.669. The zero-order chi connectivity index (χ0) is 43.2. The lowest BCUT2D eigenvalue weighted by Crippen LogP contribution is -1.95. The third-order valence-electron chi connectivity index (χ3n) is 13.2. The highest BCUT2D eigenvalue weighted by molar-refractivity contribution is 6.16. The molecule has 0 fully saturated rings. The van der Waals surface area contributed by atoms with Crippen molar-refractivity contribution in [3.8, 4) is 40.3 Å². The molecule has 0 atom stereocenters. The molecule has 304 valence electrons. The average Bonchev–Trinajstić information content (AvgIpc) is 4.12. The minimum absolute atomic E-state index is 0.741. The molecular weight excluding hydrogens is 793 g/mol. The van der Waals surface area contributed by atoms with Gasteiger partial charge in [-0.05, 0) is 102 Å². The van der Waals surface area contributed by atoms with Gasteiger partial charge in [-0.3, -0.25) is 0 Å². The molecule has 0 unspecified atom stereocenters. The standard InChI is InChI=1S/C61H38N2O2/c1-3-42(31-27-38(2)39-28-32-55-51(35-39)46-17-7-10-24-54(46)63(55)43-15-5-4-6-16-43)62-56-33-29-40(44-20-13-22-49-47-18-8-11-25-58(47)64-60(44)49)36-52(56)53-37-41(30-34-57(53)62)45-21-14-23-50-48-19-9-12-26-59(48)65-61(45)50/h1,4-37H,2H3/b38-27+,42-31+. The Balaban J connectivity index is 0.985. The van der Waals surface area contributed by atoms with E-state index in [0.717, 1.165) is 110 Å². The summed E-state index contributed by atoms with van der Waals surface area (Å²) >= 11 is 0. The van der Waals surface area contributed by atoms with Crippen LogP contribution >= 0.6 is 0 Å². The minimum atomic E-state index is 0.741. The predicted molar refractivity (Wildman–Crippen MR) is 272 cm³/mol. The van der Waals surface area contributed by atoms with E-state index in [4.69, 9.17) is 15.3 Å². The van der Waals surface area contributed by atoms with Gasteiger partial charge in [0.2, 0.25) is 0 Å². The van der Waals surface area contributed by atoms with Crippen LogP contribution < -0.4 is 0 Å². The second-order valence-corrected chi connectivity index (χ2v) is 16.8. The van der Waals surface area contributed by atoms with Crippen molar-refractivity contribution in [1.29, 1.82) is 0 Å². The molecule has 0 radical (unpaired) electrons. The molecule has 0 aliphatic rings. The molecule has 9 aromatic carbocycles. The maximum absolute atomic E-state index is 6.54. The Bertz CT molecular complexity index is 4030. The molecule has 0 spiro atoms. The number of furan rings is 2. The fourth-order valence-electron chi connectivity index (χ4n) is 10.1. The highest BCUT2D eigenvalue weighted by atomic mass is 16.3. The van der Waals surface area contributed by atoms with Crippen molar-refractivity contribution < 1.29 is 8.83 Å². The molecule has 0 saturated heterocycles. The third-order valence-corrected chi connectivity index (χ3v) is 13.2. The molecule has 13 aromatic rings. The van der Waals surface area contributed by atoms with Crippen LogP contribution in [-0.2, 0) is 0 Å². The maximum Gasteiger partial charge on any atom is 0.143 e. The Kier molecular flexibility index (Phi) is 8.15. The minimum Gasteiger partial charge on any atom is -0.455 e. The first kappa shape index (κ1) is 36.8. The Labute approximate surface area is 374 Å². The number of para-hydroxylation sites is 6. The predicted octanol–water partition coefficient (Wildman–Crippen LogP) is 16.6. The lowest BCUT2D eigenvalue weighted by Gasteiger charge is -2.09. The molecule has 4 heterocycles. The van der Waals surface area contributed by atoms with Gasteiger partial charge in [-0.15, -0.1) is 6.42 Å². The molecule has 4 heteroatoms. The second-order valence-electron chi connectivity index (χ2n) is 16.8. The van der Waals surface area contributed by atoms with Gasteiger partial charge in [-0.2, -0.15) is 0 Å². The maximum atomic E-state index is 6.54. The van der Waals surface area contributed by atoms with E-state index in [-0.39, 0.29) is 0 Å².